The molecule has 0 bridgehead atoms. The standard InChI is InChI=1S/C23H20Cl2N2O4/c1-3-31-21-17(25)12-15(13-20(21)30-2)23(29)27-19-7-5-4-6-18(19)26-22(28)14-8-10-16(24)11-9-14/h4-13H,3H2,1-2H3,(H,26,28)(H,27,29). The van der Waals surface area contributed by atoms with Crippen LogP contribution in [0, 0.1) is 0 Å². The fourth-order valence-electron chi connectivity index (χ4n) is 2.83. The van der Waals surface area contributed by atoms with Crippen LogP contribution < -0.4 is 20.1 Å². The second kappa shape index (κ2) is 10.2. The maximum Gasteiger partial charge on any atom is 0.255 e. The number of amides is 2. The molecule has 3 aromatic rings. The zero-order valence-electron chi connectivity index (χ0n) is 16.9. The molecule has 0 aromatic heterocycles. The van der Waals surface area contributed by atoms with Crippen molar-refractivity contribution in [2.24, 2.45) is 0 Å². The van der Waals surface area contributed by atoms with Gasteiger partial charge in [-0.2, -0.15) is 0 Å². The van der Waals surface area contributed by atoms with Crippen molar-refractivity contribution in [3.63, 3.8) is 0 Å². The highest BCUT2D eigenvalue weighted by atomic mass is 35.5. The quantitative estimate of drug-likeness (QED) is 0.461. The largest absolute Gasteiger partial charge is 0.493 e. The summed E-state index contributed by atoms with van der Waals surface area (Å²) in [7, 11) is 1.47. The van der Waals surface area contributed by atoms with Gasteiger partial charge in [0.1, 0.15) is 0 Å². The molecule has 8 heteroatoms. The first-order chi connectivity index (χ1) is 14.9. The molecule has 0 aliphatic rings. The van der Waals surface area contributed by atoms with Crippen LogP contribution in [0.2, 0.25) is 10.0 Å². The van der Waals surface area contributed by atoms with Crippen LogP contribution in [0.3, 0.4) is 0 Å². The predicted octanol–water partition coefficient (Wildman–Crippen LogP) is 5.91. The van der Waals surface area contributed by atoms with Crippen LogP contribution in [0.5, 0.6) is 11.5 Å². The summed E-state index contributed by atoms with van der Waals surface area (Å²) in [6, 6.07) is 16.4. The second-order valence-electron chi connectivity index (χ2n) is 6.38. The Morgan fingerprint density at radius 1 is 0.871 bits per heavy atom. The van der Waals surface area contributed by atoms with E-state index >= 15 is 0 Å². The number of rotatable bonds is 7. The van der Waals surface area contributed by atoms with Crippen LogP contribution in [-0.2, 0) is 0 Å². The lowest BCUT2D eigenvalue weighted by molar-refractivity contribution is 0.101. The Morgan fingerprint density at radius 3 is 2.00 bits per heavy atom. The van der Waals surface area contributed by atoms with Gasteiger partial charge in [0.25, 0.3) is 11.8 Å². The highest BCUT2D eigenvalue weighted by molar-refractivity contribution is 6.33. The van der Waals surface area contributed by atoms with Gasteiger partial charge >= 0.3 is 0 Å². The lowest BCUT2D eigenvalue weighted by atomic mass is 10.1. The lowest BCUT2D eigenvalue weighted by Crippen LogP contribution is -2.17. The number of carbonyl (C=O) groups is 2. The highest BCUT2D eigenvalue weighted by Gasteiger charge is 2.17. The average molecular weight is 459 g/mol. The molecule has 0 saturated heterocycles. The van der Waals surface area contributed by atoms with Gasteiger partial charge in [0, 0.05) is 16.1 Å². The number of carbonyl (C=O) groups excluding carboxylic acids is 2. The van der Waals surface area contributed by atoms with Crippen molar-refractivity contribution in [3.8, 4) is 11.5 Å². The third-order valence-corrected chi connectivity index (χ3v) is 4.84. The van der Waals surface area contributed by atoms with E-state index in [2.05, 4.69) is 10.6 Å². The Bertz CT molecular complexity index is 1100. The van der Waals surface area contributed by atoms with Gasteiger partial charge in [0.15, 0.2) is 11.5 Å². The van der Waals surface area contributed by atoms with Crippen molar-refractivity contribution in [2.45, 2.75) is 6.92 Å². The number of hydrogen-bond donors (Lipinski definition) is 2. The first kappa shape index (κ1) is 22.5. The van der Waals surface area contributed by atoms with Crippen LogP contribution in [0.25, 0.3) is 0 Å². The fourth-order valence-corrected chi connectivity index (χ4v) is 3.22. The molecule has 3 rings (SSSR count). The molecule has 3 aromatic carbocycles. The van der Waals surface area contributed by atoms with Crippen molar-refractivity contribution in [1.29, 1.82) is 0 Å². The average Bonchev–Trinajstić information content (AvgIpc) is 2.76. The Balaban J connectivity index is 1.82. The van der Waals surface area contributed by atoms with Crippen LogP contribution in [-0.4, -0.2) is 25.5 Å². The number of ether oxygens (including phenoxy) is 2. The zero-order chi connectivity index (χ0) is 22.4. The van der Waals surface area contributed by atoms with Crippen molar-refractivity contribution in [3.05, 3.63) is 81.8 Å². The smallest absolute Gasteiger partial charge is 0.255 e. The molecular formula is C23H20Cl2N2O4. The number of anilines is 2. The summed E-state index contributed by atoms with van der Waals surface area (Å²) in [5.74, 6) is -0.0248. The van der Waals surface area contributed by atoms with Crippen molar-refractivity contribution in [1.82, 2.24) is 0 Å². The summed E-state index contributed by atoms with van der Waals surface area (Å²) < 4.78 is 10.8. The summed E-state index contributed by atoms with van der Waals surface area (Å²) in [5.41, 5.74) is 1.59. The molecule has 2 N–H and O–H groups in total. The van der Waals surface area contributed by atoms with Gasteiger partial charge in [-0.3, -0.25) is 9.59 Å². The molecule has 0 spiro atoms. The SMILES string of the molecule is CCOc1c(Cl)cc(C(=O)Nc2ccccc2NC(=O)c2ccc(Cl)cc2)cc1OC. The summed E-state index contributed by atoms with van der Waals surface area (Å²) in [4.78, 5) is 25.4. The van der Waals surface area contributed by atoms with Gasteiger partial charge in [0.05, 0.1) is 30.1 Å². The molecular weight excluding hydrogens is 439 g/mol. The van der Waals surface area contributed by atoms with Crippen molar-refractivity contribution >= 4 is 46.4 Å². The summed E-state index contributed by atoms with van der Waals surface area (Å²) >= 11 is 12.1. The normalized spacial score (nSPS) is 10.3. The van der Waals surface area contributed by atoms with Gasteiger partial charge in [-0.25, -0.2) is 0 Å². The predicted molar refractivity (Wildman–Crippen MR) is 123 cm³/mol. The van der Waals surface area contributed by atoms with Gasteiger partial charge in [-0.15, -0.1) is 0 Å². The van der Waals surface area contributed by atoms with E-state index in [1.807, 2.05) is 6.92 Å². The van der Waals surface area contributed by atoms with Gasteiger partial charge in [0.2, 0.25) is 0 Å². The Labute approximate surface area is 190 Å². The second-order valence-corrected chi connectivity index (χ2v) is 7.23. The van der Waals surface area contributed by atoms with E-state index in [1.165, 1.54) is 13.2 Å². The third-order valence-electron chi connectivity index (χ3n) is 4.31. The van der Waals surface area contributed by atoms with E-state index in [9.17, 15) is 9.59 Å². The monoisotopic (exact) mass is 458 g/mol. The van der Waals surface area contributed by atoms with Crippen molar-refractivity contribution in [2.75, 3.05) is 24.4 Å². The molecule has 0 aliphatic carbocycles. The van der Waals surface area contributed by atoms with Gasteiger partial charge in [-0.05, 0) is 55.5 Å². The number of benzene rings is 3. The van der Waals surface area contributed by atoms with E-state index in [-0.39, 0.29) is 16.5 Å². The summed E-state index contributed by atoms with van der Waals surface area (Å²) in [5, 5.41) is 6.38. The molecule has 2 amide bonds. The van der Waals surface area contributed by atoms with Gasteiger partial charge < -0.3 is 20.1 Å². The third kappa shape index (κ3) is 5.48. The molecule has 0 fully saturated rings. The van der Waals surface area contributed by atoms with Crippen LogP contribution in [0.15, 0.2) is 60.7 Å². The molecule has 0 unspecified atom stereocenters. The maximum absolute atomic E-state index is 12.9. The molecule has 0 radical (unpaired) electrons. The number of halogens is 2. The molecule has 0 heterocycles. The molecule has 0 saturated carbocycles. The molecule has 0 aliphatic heterocycles. The number of nitrogens with one attached hydrogen (secondary N) is 2. The molecule has 6 nitrogen and oxygen atoms in total. The minimum Gasteiger partial charge on any atom is -0.493 e. The molecule has 160 valence electrons. The fraction of sp³-hybridized carbons (Fsp3) is 0.130. The zero-order valence-corrected chi connectivity index (χ0v) is 18.4. The highest BCUT2D eigenvalue weighted by Crippen LogP contribution is 2.36. The van der Waals surface area contributed by atoms with Crippen LogP contribution >= 0.6 is 23.2 Å². The lowest BCUT2D eigenvalue weighted by Gasteiger charge is -2.15. The van der Waals surface area contributed by atoms with E-state index in [0.29, 0.717) is 40.1 Å². The topological polar surface area (TPSA) is 76.7 Å². The summed E-state index contributed by atoms with van der Waals surface area (Å²) in [6.45, 7) is 2.23. The van der Waals surface area contributed by atoms with E-state index in [4.69, 9.17) is 32.7 Å². The first-order valence-corrected chi connectivity index (χ1v) is 10.2. The van der Waals surface area contributed by atoms with Gasteiger partial charge in [-0.1, -0.05) is 35.3 Å². The Morgan fingerprint density at radius 2 is 1.45 bits per heavy atom. The maximum atomic E-state index is 12.9. The first-order valence-electron chi connectivity index (χ1n) is 9.40. The van der Waals surface area contributed by atoms with E-state index in [1.54, 1.807) is 54.6 Å². The van der Waals surface area contributed by atoms with E-state index < -0.39 is 5.91 Å². The van der Waals surface area contributed by atoms with Crippen LogP contribution in [0.4, 0.5) is 11.4 Å². The molecule has 31 heavy (non-hydrogen) atoms. The summed E-state index contributed by atoms with van der Waals surface area (Å²) in [6.07, 6.45) is 0. The number of hydrogen-bond acceptors (Lipinski definition) is 4. The minimum atomic E-state index is -0.420. The number of para-hydroxylation sites is 2. The van der Waals surface area contributed by atoms with Crippen molar-refractivity contribution < 1.29 is 19.1 Å². The minimum absolute atomic E-state index is 0.260. The van der Waals surface area contributed by atoms with E-state index in [0.717, 1.165) is 0 Å². The van der Waals surface area contributed by atoms with Crippen LogP contribution in [0.1, 0.15) is 27.6 Å². The molecule has 0 atom stereocenters. The Kier molecular flexibility index (Phi) is 7.39. The Hall–Kier alpha value is -3.22. The number of methoxy groups -OCH3 is 1.